The highest BCUT2D eigenvalue weighted by Gasteiger charge is 2.21. The van der Waals surface area contributed by atoms with E-state index in [1.165, 1.54) is 52.0 Å². The molecule has 3 aromatic rings. The lowest BCUT2D eigenvalue weighted by Gasteiger charge is -2.18. The summed E-state index contributed by atoms with van der Waals surface area (Å²) < 4.78 is 40.3. The molecular weight excluding hydrogens is 401 g/mol. The Bertz CT molecular complexity index is 1090. The van der Waals surface area contributed by atoms with Crippen molar-refractivity contribution in [1.82, 2.24) is 9.29 Å². The maximum Gasteiger partial charge on any atom is 0.243 e. The van der Waals surface area contributed by atoms with Gasteiger partial charge < -0.3 is 5.32 Å². The van der Waals surface area contributed by atoms with Gasteiger partial charge in [-0.1, -0.05) is 25.2 Å². The van der Waals surface area contributed by atoms with E-state index in [1.54, 1.807) is 19.9 Å². The fourth-order valence-corrected chi connectivity index (χ4v) is 5.10. The zero-order chi connectivity index (χ0) is 20.3. The van der Waals surface area contributed by atoms with Crippen LogP contribution < -0.4 is 5.32 Å². The number of thiazole rings is 1. The summed E-state index contributed by atoms with van der Waals surface area (Å²) in [6.07, 6.45) is 0. The first-order valence-corrected chi connectivity index (χ1v) is 11.0. The largest absolute Gasteiger partial charge is 0.354 e. The van der Waals surface area contributed by atoms with Crippen LogP contribution in [0.1, 0.15) is 24.2 Å². The number of hydrogen-bond acceptors (Lipinski definition) is 6. The summed E-state index contributed by atoms with van der Waals surface area (Å²) in [4.78, 5) is 16.9. The van der Waals surface area contributed by atoms with E-state index in [2.05, 4.69) is 10.3 Å². The Labute approximate surface area is 167 Å². The zero-order valence-electron chi connectivity index (χ0n) is 15.5. The van der Waals surface area contributed by atoms with Crippen LogP contribution in [-0.4, -0.2) is 43.1 Å². The highest BCUT2D eigenvalue weighted by molar-refractivity contribution is 7.89. The van der Waals surface area contributed by atoms with Crippen LogP contribution in [0.4, 0.5) is 9.52 Å². The number of fused-ring (bicyclic) bond motifs is 1. The number of sulfonamides is 1. The topological polar surface area (TPSA) is 79.4 Å². The predicted molar refractivity (Wildman–Crippen MR) is 109 cm³/mol. The second kappa shape index (κ2) is 8.34. The zero-order valence-corrected chi connectivity index (χ0v) is 17.1. The number of nitrogens with one attached hydrogen (secondary N) is 1. The van der Waals surface area contributed by atoms with E-state index in [9.17, 15) is 17.6 Å². The molecule has 9 heteroatoms. The second-order valence-corrected chi connectivity index (χ2v) is 8.99. The van der Waals surface area contributed by atoms with E-state index >= 15 is 0 Å². The molecule has 0 aliphatic carbocycles. The Hall–Kier alpha value is -2.36. The summed E-state index contributed by atoms with van der Waals surface area (Å²) in [7, 11) is -3.55. The number of aromatic nitrogens is 1. The number of hydrogen-bond donors (Lipinski definition) is 1. The van der Waals surface area contributed by atoms with Crippen LogP contribution in [0.15, 0.2) is 47.4 Å². The molecule has 0 radical (unpaired) electrons. The average Bonchev–Trinajstić information content (AvgIpc) is 3.09. The molecule has 0 spiro atoms. The molecule has 0 saturated carbocycles. The van der Waals surface area contributed by atoms with Crippen LogP contribution in [0.25, 0.3) is 10.2 Å². The van der Waals surface area contributed by atoms with Crippen molar-refractivity contribution in [3.63, 3.8) is 0 Å². The molecule has 28 heavy (non-hydrogen) atoms. The SMILES string of the molecule is CCN(CC)S(=O)(=O)c1ccc(C(=O)CNc2nc3ccc(F)cc3s2)cc1. The van der Waals surface area contributed by atoms with E-state index in [4.69, 9.17) is 0 Å². The molecule has 0 aliphatic rings. The summed E-state index contributed by atoms with van der Waals surface area (Å²) in [5.41, 5.74) is 1.06. The standard InChI is InChI=1S/C19H20FN3O3S2/c1-3-23(4-2)28(25,26)15-8-5-13(6-9-15)17(24)12-21-19-22-16-10-7-14(20)11-18(16)27-19/h5-11H,3-4,12H2,1-2H3,(H,21,22). The highest BCUT2D eigenvalue weighted by atomic mass is 32.2. The van der Waals surface area contributed by atoms with Gasteiger partial charge in [-0.05, 0) is 42.5 Å². The normalized spacial score (nSPS) is 11.9. The number of carbonyl (C=O) groups excluding carboxylic acids is 1. The molecule has 0 fully saturated rings. The van der Waals surface area contributed by atoms with Gasteiger partial charge in [0.25, 0.3) is 0 Å². The molecule has 148 valence electrons. The summed E-state index contributed by atoms with van der Waals surface area (Å²) in [5, 5.41) is 3.46. The van der Waals surface area contributed by atoms with Gasteiger partial charge in [-0.15, -0.1) is 0 Å². The maximum absolute atomic E-state index is 13.3. The third kappa shape index (κ3) is 4.21. The maximum atomic E-state index is 13.3. The van der Waals surface area contributed by atoms with Crippen molar-refractivity contribution < 1.29 is 17.6 Å². The molecule has 0 saturated heterocycles. The van der Waals surface area contributed by atoms with Crippen molar-refractivity contribution in [3.05, 3.63) is 53.8 Å². The van der Waals surface area contributed by atoms with Crippen molar-refractivity contribution in [2.45, 2.75) is 18.7 Å². The number of ketones is 1. The molecule has 3 rings (SSSR count). The van der Waals surface area contributed by atoms with E-state index in [0.717, 1.165) is 0 Å². The third-order valence-electron chi connectivity index (χ3n) is 4.27. The van der Waals surface area contributed by atoms with Crippen LogP contribution in [-0.2, 0) is 10.0 Å². The first kappa shape index (κ1) is 20.4. The molecule has 0 aliphatic heterocycles. The van der Waals surface area contributed by atoms with Crippen molar-refractivity contribution >= 4 is 42.5 Å². The molecule has 2 aromatic carbocycles. The minimum atomic E-state index is -3.55. The molecular formula is C19H20FN3O3S2. The van der Waals surface area contributed by atoms with E-state index in [1.807, 2.05) is 0 Å². The number of carbonyl (C=O) groups is 1. The predicted octanol–water partition coefficient (Wildman–Crippen LogP) is 3.76. The second-order valence-electron chi connectivity index (χ2n) is 6.02. The number of anilines is 1. The first-order chi connectivity index (χ1) is 13.3. The lowest BCUT2D eigenvalue weighted by Crippen LogP contribution is -2.30. The smallest absolute Gasteiger partial charge is 0.243 e. The van der Waals surface area contributed by atoms with Gasteiger partial charge in [-0.25, -0.2) is 17.8 Å². The van der Waals surface area contributed by atoms with Gasteiger partial charge in [0.05, 0.1) is 21.7 Å². The number of halogens is 1. The summed E-state index contributed by atoms with van der Waals surface area (Å²) in [6, 6.07) is 10.2. The first-order valence-electron chi connectivity index (χ1n) is 8.78. The average molecular weight is 422 g/mol. The van der Waals surface area contributed by atoms with Crippen LogP contribution in [0.5, 0.6) is 0 Å². The summed E-state index contributed by atoms with van der Waals surface area (Å²) >= 11 is 1.26. The molecule has 0 unspecified atom stereocenters. The number of rotatable bonds is 8. The number of benzene rings is 2. The molecule has 0 amide bonds. The van der Waals surface area contributed by atoms with Gasteiger partial charge in [0.1, 0.15) is 5.82 Å². The Kier molecular flexibility index (Phi) is 6.07. The Morgan fingerprint density at radius 3 is 2.46 bits per heavy atom. The van der Waals surface area contributed by atoms with Crippen LogP contribution in [0.3, 0.4) is 0 Å². The van der Waals surface area contributed by atoms with E-state index in [0.29, 0.717) is 34.0 Å². The summed E-state index contributed by atoms with van der Waals surface area (Å²) in [6.45, 7) is 4.33. The lowest BCUT2D eigenvalue weighted by molar-refractivity contribution is 0.101. The van der Waals surface area contributed by atoms with Gasteiger partial charge in [0.15, 0.2) is 10.9 Å². The third-order valence-corrected chi connectivity index (χ3v) is 7.31. The molecule has 1 aromatic heterocycles. The number of Topliss-reactive ketones (excluding diaryl/α,β-unsaturated/α-hetero) is 1. The van der Waals surface area contributed by atoms with Gasteiger partial charge >= 0.3 is 0 Å². The molecule has 0 bridgehead atoms. The molecule has 1 heterocycles. The Balaban J connectivity index is 1.69. The van der Waals surface area contributed by atoms with Gasteiger partial charge in [0, 0.05) is 18.7 Å². The number of nitrogens with zero attached hydrogens (tertiary/aromatic N) is 2. The lowest BCUT2D eigenvalue weighted by atomic mass is 10.1. The fraction of sp³-hybridized carbons (Fsp3) is 0.263. The fourth-order valence-electron chi connectivity index (χ4n) is 2.76. The van der Waals surface area contributed by atoms with Crippen molar-refractivity contribution in [1.29, 1.82) is 0 Å². The monoisotopic (exact) mass is 421 g/mol. The van der Waals surface area contributed by atoms with Crippen LogP contribution >= 0.6 is 11.3 Å². The Morgan fingerprint density at radius 1 is 1.14 bits per heavy atom. The highest BCUT2D eigenvalue weighted by Crippen LogP contribution is 2.26. The van der Waals surface area contributed by atoms with E-state index < -0.39 is 10.0 Å². The summed E-state index contributed by atoms with van der Waals surface area (Å²) in [5.74, 6) is -0.532. The van der Waals surface area contributed by atoms with Crippen LogP contribution in [0.2, 0.25) is 0 Å². The minimum absolute atomic E-state index is 0.00441. The molecule has 6 nitrogen and oxygen atoms in total. The van der Waals surface area contributed by atoms with Gasteiger partial charge in [-0.2, -0.15) is 4.31 Å². The van der Waals surface area contributed by atoms with Crippen molar-refractivity contribution in [2.24, 2.45) is 0 Å². The van der Waals surface area contributed by atoms with Crippen molar-refractivity contribution in [3.8, 4) is 0 Å². The van der Waals surface area contributed by atoms with Crippen molar-refractivity contribution in [2.75, 3.05) is 25.0 Å². The molecule has 1 N–H and O–H groups in total. The minimum Gasteiger partial charge on any atom is -0.354 e. The Morgan fingerprint density at radius 2 is 1.82 bits per heavy atom. The quantitative estimate of drug-likeness (QED) is 0.560. The van der Waals surface area contributed by atoms with Gasteiger partial charge in [-0.3, -0.25) is 4.79 Å². The van der Waals surface area contributed by atoms with E-state index in [-0.39, 0.29) is 23.0 Å². The van der Waals surface area contributed by atoms with Crippen LogP contribution in [0, 0.1) is 5.82 Å². The molecule has 0 atom stereocenters. The van der Waals surface area contributed by atoms with Gasteiger partial charge in [0.2, 0.25) is 10.0 Å².